The van der Waals surface area contributed by atoms with Gasteiger partial charge in [-0.2, -0.15) is 0 Å². The van der Waals surface area contributed by atoms with Crippen molar-refractivity contribution in [1.29, 1.82) is 0 Å². The highest BCUT2D eigenvalue weighted by Gasteiger charge is 2.42. The van der Waals surface area contributed by atoms with Gasteiger partial charge in [0.15, 0.2) is 5.78 Å². The zero-order valence-electron chi connectivity index (χ0n) is 21.2. The van der Waals surface area contributed by atoms with Crippen molar-refractivity contribution >= 4 is 40.5 Å². The Balaban J connectivity index is 1.49. The number of anilines is 3. The predicted molar refractivity (Wildman–Crippen MR) is 151 cm³/mol. The van der Waals surface area contributed by atoms with E-state index in [4.69, 9.17) is 20.8 Å². The minimum Gasteiger partial charge on any atom is -0.497 e. The van der Waals surface area contributed by atoms with Crippen LogP contribution in [0.15, 0.2) is 107 Å². The summed E-state index contributed by atoms with van der Waals surface area (Å²) in [5.74, 6) is 1.31. The second-order valence-corrected chi connectivity index (χ2v) is 10.00. The molecular formula is C31H26ClN3O4. The Morgan fingerprint density at radius 2 is 1.77 bits per heavy atom. The van der Waals surface area contributed by atoms with Crippen molar-refractivity contribution in [2.75, 3.05) is 22.6 Å². The van der Waals surface area contributed by atoms with Crippen LogP contribution in [0.4, 0.5) is 21.9 Å². The summed E-state index contributed by atoms with van der Waals surface area (Å²) in [6, 6.07) is 24.7. The fourth-order valence-corrected chi connectivity index (χ4v) is 5.48. The standard InChI is InChI=1S/C31H26ClN3O4/c1-38-23-14-12-22(13-15-23)33-31(37)35-26-6-3-2-5-24(26)34-25-17-20(28-7-4-16-39-28)18-27(36)29(25)30(35)19-8-10-21(32)11-9-19/h2-16,20,30,34H,17-18H2,1H3,(H,33,37)/t20-,30+/m0/s1. The summed E-state index contributed by atoms with van der Waals surface area (Å²) in [5, 5.41) is 7.10. The van der Waals surface area contributed by atoms with Crippen LogP contribution in [0.25, 0.3) is 0 Å². The van der Waals surface area contributed by atoms with Crippen LogP contribution in [0.2, 0.25) is 5.02 Å². The molecule has 0 spiro atoms. The van der Waals surface area contributed by atoms with Crippen molar-refractivity contribution in [3.8, 4) is 5.75 Å². The lowest BCUT2D eigenvalue weighted by Gasteiger charge is -2.34. The normalized spacial score (nSPS) is 18.5. The molecule has 2 atom stereocenters. The minimum absolute atomic E-state index is 0.0415. The first-order valence-electron chi connectivity index (χ1n) is 12.7. The number of benzene rings is 3. The Labute approximate surface area is 231 Å². The number of hydrogen-bond donors (Lipinski definition) is 2. The molecule has 0 unspecified atom stereocenters. The number of ether oxygens (including phenoxy) is 1. The molecule has 4 aromatic rings. The molecule has 0 fully saturated rings. The first-order chi connectivity index (χ1) is 19.0. The van der Waals surface area contributed by atoms with Crippen molar-refractivity contribution in [3.05, 3.63) is 119 Å². The van der Waals surface area contributed by atoms with E-state index in [1.807, 2.05) is 48.5 Å². The van der Waals surface area contributed by atoms with Crippen LogP contribution in [-0.4, -0.2) is 18.9 Å². The Bertz CT molecular complexity index is 1550. The first kappa shape index (κ1) is 24.8. The molecule has 3 aromatic carbocycles. The number of rotatable bonds is 4. The maximum Gasteiger partial charge on any atom is 0.327 e. The topological polar surface area (TPSA) is 83.8 Å². The third-order valence-corrected chi connectivity index (χ3v) is 7.43. The molecule has 2 heterocycles. The lowest BCUT2D eigenvalue weighted by atomic mass is 9.80. The van der Waals surface area contributed by atoms with Crippen molar-refractivity contribution in [3.63, 3.8) is 0 Å². The molecule has 1 aromatic heterocycles. The van der Waals surface area contributed by atoms with Gasteiger partial charge in [-0.1, -0.05) is 35.9 Å². The summed E-state index contributed by atoms with van der Waals surface area (Å²) in [4.78, 5) is 29.7. The number of ketones is 1. The van der Waals surface area contributed by atoms with Gasteiger partial charge in [0.2, 0.25) is 0 Å². The Morgan fingerprint density at radius 3 is 2.49 bits per heavy atom. The number of nitrogens with zero attached hydrogens (tertiary/aromatic N) is 1. The van der Waals surface area contributed by atoms with Gasteiger partial charge < -0.3 is 19.8 Å². The summed E-state index contributed by atoms with van der Waals surface area (Å²) in [6.45, 7) is 0. The van der Waals surface area contributed by atoms with Crippen molar-refractivity contribution in [2.24, 2.45) is 0 Å². The van der Waals surface area contributed by atoms with Gasteiger partial charge in [-0.25, -0.2) is 4.79 Å². The number of furan rings is 1. The maximum absolute atomic E-state index is 14.1. The number of para-hydroxylation sites is 2. The van der Waals surface area contributed by atoms with Crippen molar-refractivity contribution in [1.82, 2.24) is 0 Å². The maximum atomic E-state index is 14.1. The van der Waals surface area contributed by atoms with Gasteiger partial charge >= 0.3 is 6.03 Å². The molecular weight excluding hydrogens is 514 g/mol. The van der Waals surface area contributed by atoms with Gasteiger partial charge in [-0.15, -0.1) is 0 Å². The van der Waals surface area contributed by atoms with Gasteiger partial charge in [0.1, 0.15) is 11.5 Å². The average Bonchev–Trinajstić information content (AvgIpc) is 3.44. The van der Waals surface area contributed by atoms with Crippen LogP contribution >= 0.6 is 11.6 Å². The van der Waals surface area contributed by atoms with Crippen LogP contribution in [0, 0.1) is 0 Å². The lowest BCUT2D eigenvalue weighted by molar-refractivity contribution is -0.116. The van der Waals surface area contributed by atoms with Gasteiger partial charge in [-0.3, -0.25) is 9.69 Å². The molecule has 0 radical (unpaired) electrons. The SMILES string of the molecule is COc1ccc(NC(=O)N2c3ccccc3NC3=C(C(=O)C[C@@H](c4ccco4)C3)[C@H]2c2ccc(Cl)cc2)cc1. The fraction of sp³-hybridized carbons (Fsp3) is 0.161. The Kier molecular flexibility index (Phi) is 6.59. The van der Waals surface area contributed by atoms with E-state index in [0.717, 1.165) is 22.7 Å². The van der Waals surface area contributed by atoms with Gasteiger partial charge in [-0.05, 0) is 72.6 Å². The Morgan fingerprint density at radius 1 is 1.00 bits per heavy atom. The summed E-state index contributed by atoms with van der Waals surface area (Å²) in [6.07, 6.45) is 2.48. The van der Waals surface area contributed by atoms with E-state index in [1.165, 1.54) is 0 Å². The van der Waals surface area contributed by atoms with Gasteiger partial charge in [0.25, 0.3) is 0 Å². The van der Waals surface area contributed by atoms with Crippen molar-refractivity contribution in [2.45, 2.75) is 24.8 Å². The summed E-state index contributed by atoms with van der Waals surface area (Å²) >= 11 is 6.23. The highest BCUT2D eigenvalue weighted by Crippen LogP contribution is 2.47. The van der Waals surface area contributed by atoms with E-state index in [9.17, 15) is 9.59 Å². The lowest BCUT2D eigenvalue weighted by Crippen LogP contribution is -2.41. The number of urea groups is 1. The first-order valence-corrected chi connectivity index (χ1v) is 13.0. The molecule has 0 saturated carbocycles. The molecule has 2 aliphatic rings. The average molecular weight is 540 g/mol. The zero-order valence-corrected chi connectivity index (χ0v) is 21.9. The van der Waals surface area contributed by atoms with E-state index < -0.39 is 6.04 Å². The third-order valence-electron chi connectivity index (χ3n) is 7.18. The highest BCUT2D eigenvalue weighted by atomic mass is 35.5. The number of carbonyl (C=O) groups excluding carboxylic acids is 2. The molecule has 8 heteroatoms. The number of carbonyl (C=O) groups is 2. The number of halogens is 1. The number of hydrogen-bond acceptors (Lipinski definition) is 5. The molecule has 7 nitrogen and oxygen atoms in total. The number of fused-ring (bicyclic) bond motifs is 1. The molecule has 1 aliphatic carbocycles. The highest BCUT2D eigenvalue weighted by molar-refractivity contribution is 6.30. The smallest absolute Gasteiger partial charge is 0.327 e. The Hall–Kier alpha value is -4.49. The molecule has 2 amide bonds. The largest absolute Gasteiger partial charge is 0.497 e. The molecule has 2 N–H and O–H groups in total. The molecule has 6 rings (SSSR count). The number of nitrogens with one attached hydrogen (secondary N) is 2. The van der Waals surface area contributed by atoms with Crippen LogP contribution in [-0.2, 0) is 4.79 Å². The summed E-state index contributed by atoms with van der Waals surface area (Å²) < 4.78 is 10.9. The zero-order chi connectivity index (χ0) is 26.9. The van der Waals surface area contributed by atoms with E-state index >= 15 is 0 Å². The van der Waals surface area contributed by atoms with E-state index in [0.29, 0.717) is 34.1 Å². The van der Waals surface area contributed by atoms with Crippen molar-refractivity contribution < 1.29 is 18.7 Å². The number of allylic oxidation sites excluding steroid dienone is 1. The molecule has 0 saturated heterocycles. The molecule has 0 bridgehead atoms. The molecule has 39 heavy (non-hydrogen) atoms. The third kappa shape index (κ3) is 4.77. The van der Waals surface area contributed by atoms with E-state index in [2.05, 4.69) is 10.6 Å². The van der Waals surface area contributed by atoms with Gasteiger partial charge in [0.05, 0.1) is 30.8 Å². The fourth-order valence-electron chi connectivity index (χ4n) is 5.36. The second kappa shape index (κ2) is 10.3. The molecule has 196 valence electrons. The van der Waals surface area contributed by atoms with Gasteiger partial charge in [0, 0.05) is 34.3 Å². The summed E-state index contributed by atoms with van der Waals surface area (Å²) in [5.41, 5.74) is 4.10. The second-order valence-electron chi connectivity index (χ2n) is 9.56. The van der Waals surface area contributed by atoms with Crippen LogP contribution in [0.5, 0.6) is 5.75 Å². The predicted octanol–water partition coefficient (Wildman–Crippen LogP) is 7.55. The van der Waals surface area contributed by atoms with Crippen LogP contribution in [0.3, 0.4) is 0 Å². The number of amides is 2. The monoisotopic (exact) mass is 539 g/mol. The van der Waals surface area contributed by atoms with E-state index in [1.54, 1.807) is 54.7 Å². The number of methoxy groups -OCH3 is 1. The number of Topliss-reactive ketones (excluding diaryl/α,β-unsaturated/α-hetero) is 1. The minimum atomic E-state index is -0.684. The molecule has 1 aliphatic heterocycles. The summed E-state index contributed by atoms with van der Waals surface area (Å²) in [7, 11) is 1.59. The van der Waals surface area contributed by atoms with Crippen LogP contribution < -0.4 is 20.3 Å². The van der Waals surface area contributed by atoms with Crippen LogP contribution in [0.1, 0.15) is 36.1 Å². The van der Waals surface area contributed by atoms with E-state index in [-0.39, 0.29) is 24.2 Å². The quantitative estimate of drug-likeness (QED) is 0.280.